The van der Waals surface area contributed by atoms with E-state index in [2.05, 4.69) is 27.8 Å². The predicted molar refractivity (Wildman–Crippen MR) is 63.8 cm³/mol. The first-order valence-electron chi connectivity index (χ1n) is 5.32. The Morgan fingerprint density at radius 2 is 2.12 bits per heavy atom. The Kier molecular flexibility index (Phi) is 2.95. The van der Waals surface area contributed by atoms with Gasteiger partial charge in [-0.2, -0.15) is 0 Å². The Balaban J connectivity index is 2.25. The summed E-state index contributed by atoms with van der Waals surface area (Å²) in [6.45, 7) is 4.89. The fraction of sp³-hybridized carbons (Fsp3) is 0.308. The fourth-order valence-corrected chi connectivity index (χ4v) is 1.73. The number of hydrogen-bond donors (Lipinski definition) is 0. The van der Waals surface area contributed by atoms with Gasteiger partial charge in [-0.25, -0.2) is 4.98 Å². The van der Waals surface area contributed by atoms with Gasteiger partial charge in [-0.05, 0) is 31.0 Å². The molecule has 0 aliphatic heterocycles. The Bertz CT molecular complexity index is 488. The van der Waals surface area contributed by atoms with Crippen LogP contribution in [0.4, 0.5) is 0 Å². The molecule has 0 saturated heterocycles. The Morgan fingerprint density at radius 1 is 1.31 bits per heavy atom. The van der Waals surface area contributed by atoms with Crippen molar-refractivity contribution in [2.75, 3.05) is 7.11 Å². The van der Waals surface area contributed by atoms with Gasteiger partial charge in [0.15, 0.2) is 0 Å². The van der Waals surface area contributed by atoms with Crippen molar-refractivity contribution >= 4 is 0 Å². The van der Waals surface area contributed by atoms with Crippen LogP contribution in [-0.4, -0.2) is 16.7 Å². The molecule has 0 aliphatic rings. The second-order valence-electron chi connectivity index (χ2n) is 3.91. The van der Waals surface area contributed by atoms with Crippen LogP contribution < -0.4 is 4.74 Å². The number of methoxy groups -OCH3 is 1. The van der Waals surface area contributed by atoms with Gasteiger partial charge < -0.3 is 9.30 Å². The lowest BCUT2D eigenvalue weighted by molar-refractivity contribution is 0.411. The van der Waals surface area contributed by atoms with Crippen molar-refractivity contribution in [2.24, 2.45) is 0 Å². The van der Waals surface area contributed by atoms with Gasteiger partial charge in [-0.15, -0.1) is 0 Å². The number of benzene rings is 1. The third kappa shape index (κ3) is 2.08. The highest BCUT2D eigenvalue weighted by Crippen LogP contribution is 2.19. The maximum atomic E-state index is 5.31. The largest absolute Gasteiger partial charge is 0.496 e. The zero-order chi connectivity index (χ0) is 11.5. The number of imidazole rings is 1. The van der Waals surface area contributed by atoms with Crippen molar-refractivity contribution in [1.29, 1.82) is 0 Å². The Labute approximate surface area is 95.7 Å². The number of aromatic nitrogens is 2. The van der Waals surface area contributed by atoms with Crippen LogP contribution in [-0.2, 0) is 6.54 Å². The average molecular weight is 216 g/mol. The van der Waals surface area contributed by atoms with Crippen molar-refractivity contribution in [2.45, 2.75) is 20.4 Å². The molecular weight excluding hydrogens is 200 g/mol. The van der Waals surface area contributed by atoms with Crippen molar-refractivity contribution in [1.82, 2.24) is 9.55 Å². The molecule has 1 aromatic heterocycles. The highest BCUT2D eigenvalue weighted by molar-refractivity contribution is 5.36. The molecular formula is C13H16N2O. The van der Waals surface area contributed by atoms with Gasteiger partial charge in [0.25, 0.3) is 0 Å². The second kappa shape index (κ2) is 4.39. The molecule has 84 valence electrons. The maximum absolute atomic E-state index is 5.31. The highest BCUT2D eigenvalue weighted by atomic mass is 16.5. The SMILES string of the molecule is COc1cc(Cn2ccnc2C)ccc1C. The van der Waals surface area contributed by atoms with E-state index in [0.717, 1.165) is 23.7 Å². The van der Waals surface area contributed by atoms with Crippen LogP contribution in [0.25, 0.3) is 0 Å². The van der Waals surface area contributed by atoms with Gasteiger partial charge in [0.05, 0.1) is 7.11 Å². The summed E-state index contributed by atoms with van der Waals surface area (Å²) in [5.74, 6) is 1.97. The van der Waals surface area contributed by atoms with E-state index in [1.54, 1.807) is 7.11 Å². The van der Waals surface area contributed by atoms with Crippen molar-refractivity contribution in [3.63, 3.8) is 0 Å². The average Bonchev–Trinajstić information content (AvgIpc) is 2.67. The summed E-state index contributed by atoms with van der Waals surface area (Å²) < 4.78 is 7.43. The smallest absolute Gasteiger partial charge is 0.122 e. The number of ether oxygens (including phenoxy) is 1. The predicted octanol–water partition coefficient (Wildman–Crippen LogP) is 2.56. The Morgan fingerprint density at radius 3 is 2.75 bits per heavy atom. The fourth-order valence-electron chi connectivity index (χ4n) is 1.73. The van der Waals surface area contributed by atoms with Crippen LogP contribution in [0.1, 0.15) is 17.0 Å². The van der Waals surface area contributed by atoms with Gasteiger partial charge in [0.1, 0.15) is 11.6 Å². The van der Waals surface area contributed by atoms with Crippen LogP contribution >= 0.6 is 0 Å². The zero-order valence-electron chi connectivity index (χ0n) is 9.90. The molecule has 0 amide bonds. The minimum absolute atomic E-state index is 0.836. The van der Waals surface area contributed by atoms with Crippen LogP contribution in [0.3, 0.4) is 0 Å². The molecule has 0 unspecified atom stereocenters. The Hall–Kier alpha value is -1.77. The summed E-state index contributed by atoms with van der Waals surface area (Å²) in [7, 11) is 1.70. The standard InChI is InChI=1S/C13H16N2O/c1-10-4-5-12(8-13(10)16-3)9-15-7-6-14-11(15)2/h4-8H,9H2,1-3H3. The molecule has 3 nitrogen and oxygen atoms in total. The molecule has 2 rings (SSSR count). The van der Waals surface area contributed by atoms with Gasteiger partial charge >= 0.3 is 0 Å². The van der Waals surface area contributed by atoms with E-state index in [1.807, 2.05) is 26.2 Å². The number of rotatable bonds is 3. The van der Waals surface area contributed by atoms with E-state index in [0.29, 0.717) is 0 Å². The highest BCUT2D eigenvalue weighted by Gasteiger charge is 2.02. The molecule has 0 aliphatic carbocycles. The number of aryl methyl sites for hydroxylation is 2. The maximum Gasteiger partial charge on any atom is 0.122 e. The molecule has 16 heavy (non-hydrogen) atoms. The minimum Gasteiger partial charge on any atom is -0.496 e. The summed E-state index contributed by atoms with van der Waals surface area (Å²) in [4.78, 5) is 4.20. The quantitative estimate of drug-likeness (QED) is 0.788. The summed E-state index contributed by atoms with van der Waals surface area (Å²) in [5.41, 5.74) is 2.39. The van der Waals surface area contributed by atoms with Gasteiger partial charge in [-0.1, -0.05) is 12.1 Å². The lowest BCUT2D eigenvalue weighted by Gasteiger charge is -2.09. The van der Waals surface area contributed by atoms with Crippen molar-refractivity contribution < 1.29 is 4.74 Å². The molecule has 0 saturated carbocycles. The molecule has 1 heterocycles. The summed E-state index contributed by atoms with van der Waals surface area (Å²) in [6.07, 6.45) is 3.81. The van der Waals surface area contributed by atoms with Gasteiger partial charge in [0, 0.05) is 18.9 Å². The van der Waals surface area contributed by atoms with Crippen LogP contribution in [0.5, 0.6) is 5.75 Å². The molecule has 0 fully saturated rings. The second-order valence-corrected chi connectivity index (χ2v) is 3.91. The van der Waals surface area contributed by atoms with Gasteiger partial charge in [-0.3, -0.25) is 0 Å². The van der Waals surface area contributed by atoms with E-state index in [9.17, 15) is 0 Å². The molecule has 0 bridgehead atoms. The summed E-state index contributed by atoms with van der Waals surface area (Å²) in [6, 6.07) is 6.28. The summed E-state index contributed by atoms with van der Waals surface area (Å²) in [5, 5.41) is 0. The molecule has 2 aromatic rings. The van der Waals surface area contributed by atoms with Crippen molar-refractivity contribution in [3.8, 4) is 5.75 Å². The third-order valence-corrected chi connectivity index (χ3v) is 2.75. The van der Waals surface area contributed by atoms with E-state index in [1.165, 1.54) is 5.56 Å². The molecule has 1 aromatic carbocycles. The molecule has 3 heteroatoms. The minimum atomic E-state index is 0.836. The monoisotopic (exact) mass is 216 g/mol. The molecule has 0 radical (unpaired) electrons. The van der Waals surface area contributed by atoms with E-state index < -0.39 is 0 Å². The first-order valence-corrected chi connectivity index (χ1v) is 5.32. The molecule has 0 spiro atoms. The zero-order valence-corrected chi connectivity index (χ0v) is 9.90. The first-order chi connectivity index (χ1) is 7.70. The van der Waals surface area contributed by atoms with E-state index >= 15 is 0 Å². The van der Waals surface area contributed by atoms with Crippen molar-refractivity contribution in [3.05, 3.63) is 47.5 Å². The normalized spacial score (nSPS) is 10.4. The molecule has 0 atom stereocenters. The lowest BCUT2D eigenvalue weighted by atomic mass is 10.1. The number of nitrogens with zero attached hydrogens (tertiary/aromatic N) is 2. The van der Waals surface area contributed by atoms with Crippen LogP contribution in [0, 0.1) is 13.8 Å². The summed E-state index contributed by atoms with van der Waals surface area (Å²) >= 11 is 0. The van der Waals surface area contributed by atoms with Crippen LogP contribution in [0.2, 0.25) is 0 Å². The topological polar surface area (TPSA) is 27.1 Å². The van der Waals surface area contributed by atoms with E-state index in [-0.39, 0.29) is 0 Å². The van der Waals surface area contributed by atoms with Crippen LogP contribution in [0.15, 0.2) is 30.6 Å². The lowest BCUT2D eigenvalue weighted by Crippen LogP contribution is -2.01. The molecule has 0 N–H and O–H groups in total. The third-order valence-electron chi connectivity index (χ3n) is 2.75. The number of hydrogen-bond acceptors (Lipinski definition) is 2. The first kappa shape index (κ1) is 10.7. The van der Waals surface area contributed by atoms with E-state index in [4.69, 9.17) is 4.74 Å². The van der Waals surface area contributed by atoms with Gasteiger partial charge in [0.2, 0.25) is 0 Å².